The highest BCUT2D eigenvalue weighted by Crippen LogP contribution is 2.19. The summed E-state index contributed by atoms with van der Waals surface area (Å²) in [5.41, 5.74) is 2.75. The molecule has 178 valence electrons. The number of benzene rings is 3. The predicted molar refractivity (Wildman–Crippen MR) is 136 cm³/mol. The summed E-state index contributed by atoms with van der Waals surface area (Å²) in [6, 6.07) is 24.1. The third-order valence-corrected chi connectivity index (χ3v) is 6.03. The van der Waals surface area contributed by atoms with E-state index in [9.17, 15) is 9.59 Å². The van der Waals surface area contributed by atoms with Crippen molar-refractivity contribution < 1.29 is 14.3 Å². The molecule has 1 N–H and O–H groups in total. The van der Waals surface area contributed by atoms with E-state index in [1.54, 1.807) is 18.1 Å². The van der Waals surface area contributed by atoms with Gasteiger partial charge < -0.3 is 15.0 Å². The summed E-state index contributed by atoms with van der Waals surface area (Å²) in [5, 5.41) is 3.60. The molecule has 5 nitrogen and oxygen atoms in total. The molecule has 0 aliphatic rings. The number of nitrogens with one attached hydrogen (secondary N) is 1. The SMILES string of the molecule is CCCC(=O)N(Cc1ccc(OC)cc1)[C@@H](Cc1ccccc1)C(=O)NCc1ccccc1Cl. The molecule has 0 aliphatic carbocycles. The van der Waals surface area contributed by atoms with E-state index < -0.39 is 6.04 Å². The Morgan fingerprint density at radius 1 is 0.941 bits per heavy atom. The van der Waals surface area contributed by atoms with Gasteiger partial charge in [-0.25, -0.2) is 0 Å². The van der Waals surface area contributed by atoms with E-state index in [1.807, 2.05) is 79.7 Å². The predicted octanol–water partition coefficient (Wildman–Crippen LogP) is 5.41. The number of amides is 2. The first-order chi connectivity index (χ1) is 16.5. The van der Waals surface area contributed by atoms with Crippen molar-refractivity contribution >= 4 is 23.4 Å². The number of nitrogens with zero attached hydrogens (tertiary/aromatic N) is 1. The second kappa shape index (κ2) is 12.8. The zero-order valence-corrected chi connectivity index (χ0v) is 20.4. The number of carbonyl (C=O) groups excluding carboxylic acids is 2. The van der Waals surface area contributed by atoms with E-state index in [0.29, 0.717) is 37.4 Å². The smallest absolute Gasteiger partial charge is 0.243 e. The van der Waals surface area contributed by atoms with Gasteiger partial charge in [0.15, 0.2) is 0 Å². The summed E-state index contributed by atoms with van der Waals surface area (Å²) in [6.45, 7) is 2.59. The Kier molecular flexibility index (Phi) is 9.53. The maximum atomic E-state index is 13.5. The Morgan fingerprint density at radius 2 is 1.62 bits per heavy atom. The number of hydrogen-bond donors (Lipinski definition) is 1. The Morgan fingerprint density at radius 3 is 2.26 bits per heavy atom. The highest BCUT2D eigenvalue weighted by atomic mass is 35.5. The normalized spacial score (nSPS) is 11.5. The summed E-state index contributed by atoms with van der Waals surface area (Å²) in [7, 11) is 1.62. The molecule has 3 aromatic rings. The number of hydrogen-bond acceptors (Lipinski definition) is 3. The fourth-order valence-electron chi connectivity index (χ4n) is 3.78. The average Bonchev–Trinajstić information content (AvgIpc) is 2.86. The zero-order chi connectivity index (χ0) is 24.3. The zero-order valence-electron chi connectivity index (χ0n) is 19.7. The minimum Gasteiger partial charge on any atom is -0.497 e. The summed E-state index contributed by atoms with van der Waals surface area (Å²) in [4.78, 5) is 28.4. The second-order valence-corrected chi connectivity index (χ2v) is 8.54. The quantitative estimate of drug-likeness (QED) is 0.401. The minimum atomic E-state index is -0.661. The van der Waals surface area contributed by atoms with Crippen LogP contribution in [0.5, 0.6) is 5.75 Å². The van der Waals surface area contributed by atoms with Crippen molar-refractivity contribution in [2.24, 2.45) is 0 Å². The molecule has 0 unspecified atom stereocenters. The molecular formula is C28H31ClN2O3. The highest BCUT2D eigenvalue weighted by molar-refractivity contribution is 6.31. The lowest BCUT2D eigenvalue weighted by atomic mass is 10.0. The maximum absolute atomic E-state index is 13.5. The van der Waals surface area contributed by atoms with Crippen LogP contribution in [-0.2, 0) is 29.1 Å². The Bertz CT molecular complexity index is 1070. The molecule has 0 heterocycles. The molecule has 0 bridgehead atoms. The number of ether oxygens (including phenoxy) is 1. The van der Waals surface area contributed by atoms with Crippen molar-refractivity contribution in [1.82, 2.24) is 10.2 Å². The second-order valence-electron chi connectivity index (χ2n) is 8.13. The summed E-state index contributed by atoms with van der Waals surface area (Å²) in [5.74, 6) is 0.488. The minimum absolute atomic E-state index is 0.0489. The summed E-state index contributed by atoms with van der Waals surface area (Å²) >= 11 is 6.28. The van der Waals surface area contributed by atoms with Gasteiger partial charge in [-0.1, -0.05) is 79.2 Å². The van der Waals surface area contributed by atoms with E-state index in [4.69, 9.17) is 16.3 Å². The van der Waals surface area contributed by atoms with Crippen molar-refractivity contribution in [2.75, 3.05) is 7.11 Å². The molecule has 6 heteroatoms. The van der Waals surface area contributed by atoms with Gasteiger partial charge in [-0.15, -0.1) is 0 Å². The van der Waals surface area contributed by atoms with E-state index in [2.05, 4.69) is 5.32 Å². The Labute approximate surface area is 206 Å². The number of carbonyl (C=O) groups is 2. The fraction of sp³-hybridized carbons (Fsp3) is 0.286. The monoisotopic (exact) mass is 478 g/mol. The molecule has 0 radical (unpaired) electrons. The van der Waals surface area contributed by atoms with E-state index in [1.165, 1.54) is 0 Å². The van der Waals surface area contributed by atoms with Gasteiger partial charge >= 0.3 is 0 Å². The van der Waals surface area contributed by atoms with Crippen molar-refractivity contribution in [3.63, 3.8) is 0 Å². The molecule has 0 aromatic heterocycles. The van der Waals surface area contributed by atoms with Crippen LogP contribution < -0.4 is 10.1 Å². The molecule has 0 fully saturated rings. The molecule has 0 spiro atoms. The van der Waals surface area contributed by atoms with E-state index in [0.717, 1.165) is 22.4 Å². The largest absolute Gasteiger partial charge is 0.497 e. The first kappa shape index (κ1) is 25.3. The van der Waals surface area contributed by atoms with Crippen molar-refractivity contribution in [2.45, 2.75) is 45.3 Å². The van der Waals surface area contributed by atoms with Crippen molar-refractivity contribution in [3.8, 4) is 5.75 Å². The van der Waals surface area contributed by atoms with Crippen LogP contribution in [0.25, 0.3) is 0 Å². The topological polar surface area (TPSA) is 58.6 Å². The van der Waals surface area contributed by atoms with Crippen LogP contribution >= 0.6 is 11.6 Å². The molecule has 0 saturated carbocycles. The van der Waals surface area contributed by atoms with Gasteiger partial charge in [0.25, 0.3) is 0 Å². The number of methoxy groups -OCH3 is 1. The third kappa shape index (κ3) is 7.09. The lowest BCUT2D eigenvalue weighted by Gasteiger charge is -2.31. The Balaban J connectivity index is 1.88. The van der Waals surface area contributed by atoms with Gasteiger partial charge in [-0.3, -0.25) is 9.59 Å². The van der Waals surface area contributed by atoms with E-state index in [-0.39, 0.29) is 11.8 Å². The first-order valence-corrected chi connectivity index (χ1v) is 11.9. The summed E-state index contributed by atoms with van der Waals surface area (Å²) < 4.78 is 5.25. The molecule has 3 rings (SSSR count). The number of halogens is 1. The fourth-order valence-corrected chi connectivity index (χ4v) is 3.98. The van der Waals surface area contributed by atoms with E-state index >= 15 is 0 Å². The van der Waals surface area contributed by atoms with Crippen molar-refractivity contribution in [3.05, 3.63) is 101 Å². The lowest BCUT2D eigenvalue weighted by molar-refractivity contribution is -0.141. The first-order valence-electron chi connectivity index (χ1n) is 11.5. The van der Waals surface area contributed by atoms with Gasteiger partial charge in [0.2, 0.25) is 11.8 Å². The third-order valence-electron chi connectivity index (χ3n) is 5.66. The number of rotatable bonds is 11. The van der Waals surface area contributed by atoms with Gasteiger partial charge in [-0.05, 0) is 41.3 Å². The van der Waals surface area contributed by atoms with Crippen LogP contribution in [0, 0.1) is 0 Å². The van der Waals surface area contributed by atoms with Gasteiger partial charge in [0.05, 0.1) is 7.11 Å². The summed E-state index contributed by atoms with van der Waals surface area (Å²) in [6.07, 6.45) is 1.50. The molecule has 1 atom stereocenters. The molecule has 2 amide bonds. The van der Waals surface area contributed by atoms with Gasteiger partial charge in [0.1, 0.15) is 11.8 Å². The van der Waals surface area contributed by atoms with Crippen molar-refractivity contribution in [1.29, 1.82) is 0 Å². The van der Waals surface area contributed by atoms with Gasteiger partial charge in [0, 0.05) is 31.0 Å². The highest BCUT2D eigenvalue weighted by Gasteiger charge is 2.30. The average molecular weight is 479 g/mol. The van der Waals surface area contributed by atoms with Gasteiger partial charge in [-0.2, -0.15) is 0 Å². The van der Waals surface area contributed by atoms with Crippen LogP contribution in [0.4, 0.5) is 0 Å². The maximum Gasteiger partial charge on any atom is 0.243 e. The standard InChI is InChI=1S/C28H31ClN2O3/c1-3-9-27(32)31(20-22-14-16-24(34-2)17-15-22)26(18-21-10-5-4-6-11-21)28(33)30-19-23-12-7-8-13-25(23)29/h4-8,10-17,26H,3,9,18-20H2,1-2H3,(H,30,33)/t26-/m0/s1. The Hall–Kier alpha value is -3.31. The lowest BCUT2D eigenvalue weighted by Crippen LogP contribution is -2.50. The molecule has 0 aliphatic heterocycles. The molecule has 34 heavy (non-hydrogen) atoms. The van der Waals surface area contributed by atoms with Crippen LogP contribution in [0.3, 0.4) is 0 Å². The van der Waals surface area contributed by atoms with Crippen LogP contribution in [0.1, 0.15) is 36.5 Å². The van der Waals surface area contributed by atoms with Crippen LogP contribution in [0.2, 0.25) is 5.02 Å². The molecule has 0 saturated heterocycles. The molecular weight excluding hydrogens is 448 g/mol. The molecule has 3 aromatic carbocycles. The van der Waals surface area contributed by atoms with Crippen LogP contribution in [0.15, 0.2) is 78.9 Å². The van der Waals surface area contributed by atoms with Crippen LogP contribution in [-0.4, -0.2) is 29.9 Å².